The van der Waals surface area contributed by atoms with Gasteiger partial charge in [-0.15, -0.1) is 11.3 Å². The van der Waals surface area contributed by atoms with Gasteiger partial charge in [-0.05, 0) is 28.2 Å². The number of benzene rings is 3. The average molecular weight is 456 g/mol. The lowest BCUT2D eigenvalue weighted by Crippen LogP contribution is -2.13. The van der Waals surface area contributed by atoms with Crippen LogP contribution < -0.4 is 4.80 Å². The van der Waals surface area contributed by atoms with Gasteiger partial charge >= 0.3 is 0 Å². The predicted octanol–water partition coefficient (Wildman–Crippen LogP) is 6.44. The molecule has 168 valence electrons. The Kier molecular flexibility index (Phi) is 7.66. The zero-order valence-electron chi connectivity index (χ0n) is 19.3. The minimum Gasteiger partial charge on any atom is -0.383 e. The molecule has 0 aliphatic heterocycles. The predicted molar refractivity (Wildman–Crippen MR) is 139 cm³/mol. The number of methoxy groups -OCH3 is 1. The fourth-order valence-corrected chi connectivity index (χ4v) is 4.37. The molecule has 33 heavy (non-hydrogen) atoms. The van der Waals surface area contributed by atoms with Crippen LogP contribution in [0.2, 0.25) is 0 Å². The van der Waals surface area contributed by atoms with Crippen molar-refractivity contribution < 1.29 is 4.74 Å². The summed E-state index contributed by atoms with van der Waals surface area (Å²) in [6.45, 7) is 5.59. The second kappa shape index (κ2) is 11.0. The van der Waals surface area contributed by atoms with Crippen molar-refractivity contribution in [1.82, 2.24) is 4.68 Å². The maximum absolute atomic E-state index is 5.17. The smallest absolute Gasteiger partial charge is 0.206 e. The molecular formula is C28H29N3OS. The molecule has 0 N–H and O–H groups in total. The second-order valence-electron chi connectivity index (χ2n) is 8.10. The van der Waals surface area contributed by atoms with Crippen molar-refractivity contribution in [3.63, 3.8) is 0 Å². The quantitative estimate of drug-likeness (QED) is 0.223. The summed E-state index contributed by atoms with van der Waals surface area (Å²) in [4.78, 5) is 5.55. The summed E-state index contributed by atoms with van der Waals surface area (Å²) < 4.78 is 7.10. The molecule has 1 heterocycles. The Morgan fingerprint density at radius 1 is 0.879 bits per heavy atom. The molecule has 0 atom stereocenters. The summed E-state index contributed by atoms with van der Waals surface area (Å²) >= 11 is 1.59. The van der Waals surface area contributed by atoms with Crippen molar-refractivity contribution in [3.8, 4) is 22.4 Å². The van der Waals surface area contributed by atoms with Crippen LogP contribution in [0, 0.1) is 0 Å². The molecule has 4 rings (SSSR count). The van der Waals surface area contributed by atoms with E-state index >= 15 is 0 Å². The van der Waals surface area contributed by atoms with Gasteiger partial charge in [0.25, 0.3) is 0 Å². The molecule has 4 nitrogen and oxygen atoms in total. The van der Waals surface area contributed by atoms with E-state index in [2.05, 4.69) is 92.0 Å². The van der Waals surface area contributed by atoms with Crippen LogP contribution in [-0.4, -0.2) is 31.2 Å². The lowest BCUT2D eigenvalue weighted by atomic mass is 10.0. The summed E-state index contributed by atoms with van der Waals surface area (Å²) in [5.41, 5.74) is 6.91. The highest BCUT2D eigenvalue weighted by Crippen LogP contribution is 2.25. The van der Waals surface area contributed by atoms with Gasteiger partial charge in [0.05, 0.1) is 25.1 Å². The van der Waals surface area contributed by atoms with Crippen LogP contribution in [0.25, 0.3) is 22.4 Å². The van der Waals surface area contributed by atoms with Crippen molar-refractivity contribution >= 4 is 17.6 Å². The molecular weight excluding hydrogens is 426 g/mol. The molecule has 0 amide bonds. The third kappa shape index (κ3) is 5.75. The molecule has 0 saturated heterocycles. The van der Waals surface area contributed by atoms with Crippen molar-refractivity contribution in [2.24, 2.45) is 10.1 Å². The summed E-state index contributed by atoms with van der Waals surface area (Å²) in [5.74, 6) is 0.513. The van der Waals surface area contributed by atoms with Gasteiger partial charge in [0.1, 0.15) is 0 Å². The van der Waals surface area contributed by atoms with E-state index in [0.717, 1.165) is 21.6 Å². The molecule has 0 aliphatic rings. The molecule has 0 bridgehead atoms. The topological polar surface area (TPSA) is 38.9 Å². The van der Waals surface area contributed by atoms with Gasteiger partial charge in [-0.25, -0.2) is 4.68 Å². The molecule has 1 aromatic heterocycles. The Morgan fingerprint density at radius 2 is 1.55 bits per heavy atom. The first-order valence-corrected chi connectivity index (χ1v) is 12.0. The van der Waals surface area contributed by atoms with Crippen molar-refractivity contribution in [2.75, 3.05) is 20.3 Å². The number of hydrogen-bond acceptors (Lipinski definition) is 4. The van der Waals surface area contributed by atoms with E-state index in [4.69, 9.17) is 14.8 Å². The lowest BCUT2D eigenvalue weighted by molar-refractivity contribution is 0.207. The molecule has 0 aliphatic carbocycles. The van der Waals surface area contributed by atoms with Gasteiger partial charge in [-0.2, -0.15) is 5.10 Å². The first-order chi connectivity index (χ1) is 16.2. The summed E-state index contributed by atoms with van der Waals surface area (Å²) in [5, 5.41) is 6.93. The van der Waals surface area contributed by atoms with Crippen LogP contribution in [0.4, 0.5) is 0 Å². The monoisotopic (exact) mass is 455 g/mol. The fraction of sp³-hybridized carbons (Fsp3) is 0.214. The molecule has 0 fully saturated rings. The number of hydrogen-bond donors (Lipinski definition) is 0. The number of thiazole rings is 1. The zero-order valence-corrected chi connectivity index (χ0v) is 20.1. The van der Waals surface area contributed by atoms with Crippen LogP contribution in [0.5, 0.6) is 0 Å². The van der Waals surface area contributed by atoms with Crippen LogP contribution in [0.1, 0.15) is 30.9 Å². The molecule has 5 heteroatoms. The first kappa shape index (κ1) is 22.9. The van der Waals surface area contributed by atoms with Crippen molar-refractivity contribution in [2.45, 2.75) is 19.8 Å². The van der Waals surface area contributed by atoms with E-state index < -0.39 is 0 Å². The summed E-state index contributed by atoms with van der Waals surface area (Å²) in [6.07, 6.45) is 1.90. The van der Waals surface area contributed by atoms with Gasteiger partial charge in [0.2, 0.25) is 4.80 Å². The SMILES string of the molecule is COCCN=c1scc(-c2ccc(-c3ccccc3)cc2)n1N=Cc1ccc(C(C)C)cc1. The van der Waals surface area contributed by atoms with Crippen LogP contribution in [-0.2, 0) is 4.74 Å². The van der Waals surface area contributed by atoms with Gasteiger partial charge in [0, 0.05) is 18.1 Å². The average Bonchev–Trinajstić information content (AvgIpc) is 3.26. The number of rotatable bonds is 8. The van der Waals surface area contributed by atoms with Crippen molar-refractivity contribution in [1.29, 1.82) is 0 Å². The van der Waals surface area contributed by atoms with Crippen molar-refractivity contribution in [3.05, 3.63) is 100 Å². The standard InChI is InChI=1S/C28H29N3OS/c1-21(2)23-11-9-22(10-12-23)19-30-31-27(20-33-28(31)29-17-18-32-3)26-15-13-25(14-16-26)24-7-5-4-6-8-24/h4-16,19-21H,17-18H2,1-3H3. The molecule has 0 spiro atoms. The van der Waals surface area contributed by atoms with E-state index in [1.807, 2.05) is 17.0 Å². The molecule has 4 aromatic rings. The Bertz CT molecular complexity index is 1250. The van der Waals surface area contributed by atoms with Crippen LogP contribution >= 0.6 is 11.3 Å². The zero-order chi connectivity index (χ0) is 23.0. The largest absolute Gasteiger partial charge is 0.383 e. The maximum Gasteiger partial charge on any atom is 0.206 e. The van der Waals surface area contributed by atoms with Gasteiger partial charge in [0.15, 0.2) is 0 Å². The summed E-state index contributed by atoms with van der Waals surface area (Å²) in [7, 11) is 1.69. The Balaban J connectivity index is 1.67. The van der Waals surface area contributed by atoms with Crippen LogP contribution in [0.3, 0.4) is 0 Å². The normalized spacial score (nSPS) is 12.2. The fourth-order valence-electron chi connectivity index (χ4n) is 3.51. The second-order valence-corrected chi connectivity index (χ2v) is 8.94. The Labute approximate surface area is 199 Å². The highest BCUT2D eigenvalue weighted by atomic mass is 32.1. The van der Waals surface area contributed by atoms with Gasteiger partial charge < -0.3 is 4.74 Å². The third-order valence-electron chi connectivity index (χ3n) is 5.44. The van der Waals surface area contributed by atoms with E-state index in [1.165, 1.54) is 16.7 Å². The van der Waals surface area contributed by atoms with Gasteiger partial charge in [-0.3, -0.25) is 4.99 Å². The number of ether oxygens (including phenoxy) is 1. The first-order valence-electron chi connectivity index (χ1n) is 11.2. The Morgan fingerprint density at radius 3 is 2.21 bits per heavy atom. The Hall–Kier alpha value is -3.28. The van der Waals surface area contributed by atoms with Crippen LogP contribution in [0.15, 0.2) is 94.3 Å². The molecule has 0 radical (unpaired) electrons. The summed E-state index contributed by atoms with van der Waals surface area (Å²) in [6, 6.07) is 27.6. The maximum atomic E-state index is 5.17. The minimum absolute atomic E-state index is 0.513. The van der Waals surface area contributed by atoms with Gasteiger partial charge in [-0.1, -0.05) is 92.7 Å². The highest BCUT2D eigenvalue weighted by Gasteiger charge is 2.08. The minimum atomic E-state index is 0.513. The molecule has 0 unspecified atom stereocenters. The number of aromatic nitrogens is 1. The lowest BCUT2D eigenvalue weighted by Gasteiger charge is -2.07. The van der Waals surface area contributed by atoms with E-state index in [1.54, 1.807) is 18.4 Å². The molecule has 0 saturated carbocycles. The number of nitrogens with zero attached hydrogens (tertiary/aromatic N) is 3. The molecule has 3 aromatic carbocycles. The highest BCUT2D eigenvalue weighted by molar-refractivity contribution is 7.07. The van der Waals surface area contributed by atoms with E-state index in [-0.39, 0.29) is 0 Å². The third-order valence-corrected chi connectivity index (χ3v) is 6.29. The van der Waals surface area contributed by atoms with E-state index in [0.29, 0.717) is 19.1 Å². The van der Waals surface area contributed by atoms with E-state index in [9.17, 15) is 0 Å².